The first-order chi connectivity index (χ1) is 19.8. The largest absolute Gasteiger partial charge is 0.504 e. The van der Waals surface area contributed by atoms with Crippen LogP contribution in [0.3, 0.4) is 0 Å². The number of fused-ring (bicyclic) bond motifs is 7. The lowest BCUT2D eigenvalue weighted by Crippen LogP contribution is -2.39. The predicted molar refractivity (Wildman–Crippen MR) is 144 cm³/mol. The first kappa shape index (κ1) is 28.6. The molecule has 0 bridgehead atoms. The number of ether oxygens (including phenoxy) is 4. The standard InChI is InChI=1S/C30H26O12/c1-10(31)23-22-19(21-18(27(37)29(22)42-6)13(33)8-15(40-4)25(21)35)16-11(9-30(23,2)38)28(41-5)26(36)17-12(32)7-14(39-3)24(34)20(16)17/h7-8,23,36-38H,9H2,1-6H3/t23-,30+/m0/s1. The van der Waals surface area contributed by atoms with E-state index in [9.17, 15) is 39.3 Å². The molecule has 0 unspecified atom stereocenters. The van der Waals surface area contributed by atoms with Crippen molar-refractivity contribution in [1.82, 2.24) is 0 Å². The third-order valence-corrected chi connectivity index (χ3v) is 7.86. The van der Waals surface area contributed by atoms with Crippen molar-refractivity contribution in [3.63, 3.8) is 0 Å². The molecule has 218 valence electrons. The molecule has 0 amide bonds. The minimum atomic E-state index is -2.02. The molecule has 3 N–H and O–H groups in total. The molecule has 12 heteroatoms. The molecule has 0 spiro atoms. The zero-order valence-electron chi connectivity index (χ0n) is 23.5. The summed E-state index contributed by atoms with van der Waals surface area (Å²) in [6, 6.07) is 0. The lowest BCUT2D eigenvalue weighted by Gasteiger charge is -2.32. The average Bonchev–Trinajstić information content (AvgIpc) is 3.02. The number of rotatable bonds is 5. The number of ketones is 5. The van der Waals surface area contributed by atoms with Gasteiger partial charge in [0.2, 0.25) is 11.6 Å². The molecule has 42 heavy (non-hydrogen) atoms. The van der Waals surface area contributed by atoms with E-state index in [0.717, 1.165) is 33.5 Å². The molecule has 2 aromatic rings. The minimum Gasteiger partial charge on any atom is -0.504 e. The molecule has 0 aromatic heterocycles. The predicted octanol–water partition coefficient (Wildman–Crippen LogP) is 2.58. The van der Waals surface area contributed by atoms with Gasteiger partial charge in [0.15, 0.2) is 46.1 Å². The fourth-order valence-corrected chi connectivity index (χ4v) is 6.31. The Labute approximate surface area is 238 Å². The number of hydrogen-bond donors (Lipinski definition) is 3. The maximum atomic E-state index is 13.9. The Balaban J connectivity index is 2.17. The number of hydrogen-bond acceptors (Lipinski definition) is 12. The van der Waals surface area contributed by atoms with Crippen molar-refractivity contribution in [2.24, 2.45) is 0 Å². The molecule has 2 atom stereocenters. The van der Waals surface area contributed by atoms with Crippen molar-refractivity contribution >= 4 is 28.9 Å². The van der Waals surface area contributed by atoms with Crippen LogP contribution in [0.15, 0.2) is 23.7 Å². The maximum absolute atomic E-state index is 13.9. The molecule has 0 saturated carbocycles. The summed E-state index contributed by atoms with van der Waals surface area (Å²) in [6.45, 7) is 2.48. The molecule has 0 radical (unpaired) electrons. The van der Waals surface area contributed by atoms with Crippen LogP contribution in [0.5, 0.6) is 23.0 Å². The van der Waals surface area contributed by atoms with E-state index in [1.54, 1.807) is 0 Å². The van der Waals surface area contributed by atoms with Gasteiger partial charge in [0, 0.05) is 52.0 Å². The normalized spacial score (nSPS) is 20.8. The Morgan fingerprint density at radius 3 is 1.62 bits per heavy atom. The highest BCUT2D eigenvalue weighted by Crippen LogP contribution is 2.58. The van der Waals surface area contributed by atoms with Gasteiger partial charge in [-0.3, -0.25) is 24.0 Å². The van der Waals surface area contributed by atoms with E-state index in [2.05, 4.69) is 0 Å². The van der Waals surface area contributed by atoms with E-state index >= 15 is 0 Å². The third kappa shape index (κ3) is 3.61. The van der Waals surface area contributed by atoms with Crippen LogP contribution in [0, 0.1) is 0 Å². The second-order valence-electron chi connectivity index (χ2n) is 10.3. The molecule has 0 saturated heterocycles. The summed E-state index contributed by atoms with van der Waals surface area (Å²) in [5.74, 6) is -8.60. The summed E-state index contributed by atoms with van der Waals surface area (Å²) in [5.41, 5.74) is -4.59. The van der Waals surface area contributed by atoms with E-state index in [1.807, 2.05) is 0 Å². The van der Waals surface area contributed by atoms with Gasteiger partial charge in [-0.15, -0.1) is 0 Å². The number of phenolic OH excluding ortho intramolecular Hbond substituents is 2. The van der Waals surface area contributed by atoms with Crippen LogP contribution >= 0.6 is 0 Å². The van der Waals surface area contributed by atoms with Crippen molar-refractivity contribution in [2.45, 2.75) is 31.8 Å². The van der Waals surface area contributed by atoms with Gasteiger partial charge in [-0.05, 0) is 13.8 Å². The number of benzene rings is 2. The number of aliphatic hydroxyl groups is 1. The summed E-state index contributed by atoms with van der Waals surface area (Å²) in [4.78, 5) is 67.8. The zero-order valence-corrected chi connectivity index (χ0v) is 23.5. The second-order valence-corrected chi connectivity index (χ2v) is 10.3. The molecule has 2 aromatic carbocycles. The van der Waals surface area contributed by atoms with Gasteiger partial charge >= 0.3 is 0 Å². The Kier molecular flexibility index (Phi) is 6.49. The van der Waals surface area contributed by atoms with Crippen LogP contribution in [0.1, 0.15) is 72.3 Å². The molecular formula is C30H26O12. The number of aromatic hydroxyl groups is 2. The molecule has 0 heterocycles. The molecule has 0 aliphatic heterocycles. The van der Waals surface area contributed by atoms with Gasteiger partial charge < -0.3 is 34.3 Å². The first-order valence-corrected chi connectivity index (χ1v) is 12.6. The highest BCUT2D eigenvalue weighted by atomic mass is 16.5. The lowest BCUT2D eigenvalue weighted by atomic mass is 9.74. The Morgan fingerprint density at radius 1 is 0.738 bits per heavy atom. The second kappa shape index (κ2) is 9.55. The van der Waals surface area contributed by atoms with E-state index in [4.69, 9.17) is 18.9 Å². The van der Waals surface area contributed by atoms with Crippen LogP contribution in [0.2, 0.25) is 0 Å². The highest BCUT2D eigenvalue weighted by Gasteiger charge is 2.50. The lowest BCUT2D eigenvalue weighted by molar-refractivity contribution is -0.124. The van der Waals surface area contributed by atoms with Crippen LogP contribution in [0.4, 0.5) is 0 Å². The van der Waals surface area contributed by atoms with Gasteiger partial charge in [-0.1, -0.05) is 0 Å². The van der Waals surface area contributed by atoms with Gasteiger partial charge in [-0.2, -0.15) is 0 Å². The number of allylic oxidation sites excluding steroid dienone is 4. The fraction of sp³-hybridized carbons (Fsp3) is 0.300. The quantitative estimate of drug-likeness (QED) is 0.472. The minimum absolute atomic E-state index is 0.0500. The van der Waals surface area contributed by atoms with Crippen molar-refractivity contribution in [2.75, 3.05) is 28.4 Å². The van der Waals surface area contributed by atoms with E-state index in [0.29, 0.717) is 0 Å². The number of phenols is 2. The van der Waals surface area contributed by atoms with Gasteiger partial charge in [-0.25, -0.2) is 0 Å². The zero-order chi connectivity index (χ0) is 31.0. The molecule has 5 rings (SSSR count). The highest BCUT2D eigenvalue weighted by molar-refractivity contribution is 6.31. The van der Waals surface area contributed by atoms with Gasteiger partial charge in [0.25, 0.3) is 0 Å². The molecule has 3 aliphatic carbocycles. The Morgan fingerprint density at radius 2 is 1.19 bits per heavy atom. The summed E-state index contributed by atoms with van der Waals surface area (Å²) in [7, 11) is 4.65. The topological polar surface area (TPSA) is 183 Å². The third-order valence-electron chi connectivity index (χ3n) is 7.86. The fourth-order valence-electron chi connectivity index (χ4n) is 6.31. The SMILES string of the molecule is COC1=CC(=O)c2c(O)c(OC)c3c(c2C1=O)-c1c2c(c(O)c(OC)c1[C@H](C(C)=O)[C@](C)(O)C3)C(=O)C=C(OC)C2=O. The summed E-state index contributed by atoms with van der Waals surface area (Å²) >= 11 is 0. The van der Waals surface area contributed by atoms with Crippen LogP contribution in [-0.2, 0) is 20.7 Å². The van der Waals surface area contributed by atoms with Crippen molar-refractivity contribution in [1.29, 1.82) is 0 Å². The number of Topliss-reactive ketones (excluding diaryl/α,β-unsaturated/α-hetero) is 3. The van der Waals surface area contributed by atoms with Gasteiger partial charge in [0.1, 0.15) is 5.78 Å². The smallest absolute Gasteiger partial charge is 0.229 e. The summed E-state index contributed by atoms with van der Waals surface area (Å²) < 4.78 is 21.3. The Bertz CT molecular complexity index is 1740. The average molecular weight is 579 g/mol. The van der Waals surface area contributed by atoms with Crippen molar-refractivity contribution in [3.05, 3.63) is 57.1 Å². The molecule has 3 aliphatic rings. The van der Waals surface area contributed by atoms with E-state index in [1.165, 1.54) is 21.0 Å². The summed E-state index contributed by atoms with van der Waals surface area (Å²) in [6.07, 6.45) is 1.31. The first-order valence-electron chi connectivity index (χ1n) is 12.6. The van der Waals surface area contributed by atoms with E-state index in [-0.39, 0.29) is 33.8 Å². The van der Waals surface area contributed by atoms with E-state index < -0.39 is 92.1 Å². The molecular weight excluding hydrogens is 552 g/mol. The molecule has 0 fully saturated rings. The number of carbonyl (C=O) groups excluding carboxylic acids is 5. The number of carbonyl (C=O) groups is 5. The number of methoxy groups -OCH3 is 4. The summed E-state index contributed by atoms with van der Waals surface area (Å²) in [5, 5.41) is 34.4. The Hall–Kier alpha value is -4.97. The van der Waals surface area contributed by atoms with Gasteiger partial charge in [0.05, 0.1) is 51.1 Å². The molecule has 12 nitrogen and oxygen atoms in total. The van der Waals surface area contributed by atoms with Crippen LogP contribution in [-0.4, -0.2) is 78.3 Å². The maximum Gasteiger partial charge on any atom is 0.229 e. The van der Waals surface area contributed by atoms with Crippen molar-refractivity contribution < 1.29 is 58.2 Å². The van der Waals surface area contributed by atoms with Crippen molar-refractivity contribution in [3.8, 4) is 34.1 Å². The monoisotopic (exact) mass is 578 g/mol. The van der Waals surface area contributed by atoms with Crippen LogP contribution < -0.4 is 9.47 Å². The van der Waals surface area contributed by atoms with Crippen LogP contribution in [0.25, 0.3) is 11.1 Å².